The molecule has 1 rings (SSSR count). The Morgan fingerprint density at radius 1 is 1.29 bits per heavy atom. The fourth-order valence-electron chi connectivity index (χ4n) is 0.868. The Balaban J connectivity index is 2.58. The first kappa shape index (κ1) is 11.6. The molecule has 0 atom stereocenters. The van der Waals surface area contributed by atoms with Crippen molar-refractivity contribution in [1.29, 1.82) is 0 Å². The fourth-order valence-corrected chi connectivity index (χ4v) is 1.34. The van der Waals surface area contributed by atoms with Crippen molar-refractivity contribution < 1.29 is 4.74 Å². The third-order valence-corrected chi connectivity index (χ3v) is 2.13. The molecule has 14 heavy (non-hydrogen) atoms. The Bertz CT molecular complexity index is 285. The summed E-state index contributed by atoms with van der Waals surface area (Å²) in [5, 5.41) is 0.882. The van der Waals surface area contributed by atoms with Gasteiger partial charge in [0.15, 0.2) is 5.75 Å². The van der Waals surface area contributed by atoms with E-state index in [2.05, 4.69) is 4.98 Å². The summed E-state index contributed by atoms with van der Waals surface area (Å²) in [7, 11) is 3.94. The van der Waals surface area contributed by atoms with Gasteiger partial charge in [-0.1, -0.05) is 23.2 Å². The van der Waals surface area contributed by atoms with Crippen molar-refractivity contribution in [3.8, 4) is 5.75 Å². The third-order valence-electron chi connectivity index (χ3n) is 1.59. The summed E-state index contributed by atoms with van der Waals surface area (Å²) in [4.78, 5) is 5.85. The predicted octanol–water partition coefficient (Wildman–Crippen LogP) is 2.33. The number of halogens is 2. The van der Waals surface area contributed by atoms with Crippen LogP contribution in [-0.2, 0) is 0 Å². The van der Waals surface area contributed by atoms with E-state index in [1.54, 1.807) is 0 Å². The zero-order chi connectivity index (χ0) is 10.6. The Labute approximate surface area is 93.6 Å². The molecule has 3 nitrogen and oxygen atoms in total. The highest BCUT2D eigenvalue weighted by Gasteiger charge is 2.06. The number of rotatable bonds is 4. The van der Waals surface area contributed by atoms with Crippen LogP contribution in [0.1, 0.15) is 0 Å². The van der Waals surface area contributed by atoms with Crippen LogP contribution in [0.25, 0.3) is 0 Å². The van der Waals surface area contributed by atoms with Crippen LogP contribution in [0.15, 0.2) is 12.4 Å². The number of ether oxygens (including phenoxy) is 1. The Kier molecular flexibility index (Phi) is 4.45. The molecule has 0 aliphatic carbocycles. The summed E-state index contributed by atoms with van der Waals surface area (Å²) in [6.07, 6.45) is 3.02. The smallest absolute Gasteiger partial charge is 0.159 e. The van der Waals surface area contributed by atoms with Gasteiger partial charge in [-0.25, -0.2) is 0 Å². The van der Waals surface area contributed by atoms with Crippen LogP contribution in [-0.4, -0.2) is 37.1 Å². The molecule has 0 N–H and O–H groups in total. The first-order valence-electron chi connectivity index (χ1n) is 4.18. The lowest BCUT2D eigenvalue weighted by Crippen LogP contribution is -2.19. The molecular formula is C9H12Cl2N2O. The molecular weight excluding hydrogens is 223 g/mol. The summed E-state index contributed by atoms with van der Waals surface area (Å²) in [6.45, 7) is 1.37. The van der Waals surface area contributed by atoms with Gasteiger partial charge in [0, 0.05) is 18.9 Å². The number of aromatic nitrogens is 1. The van der Waals surface area contributed by atoms with Gasteiger partial charge >= 0.3 is 0 Å². The molecule has 0 aliphatic heterocycles. The molecule has 0 fully saturated rings. The maximum absolute atomic E-state index is 5.86. The van der Waals surface area contributed by atoms with E-state index >= 15 is 0 Å². The van der Waals surface area contributed by atoms with Crippen LogP contribution >= 0.6 is 23.2 Å². The third kappa shape index (κ3) is 3.33. The zero-order valence-corrected chi connectivity index (χ0v) is 9.64. The van der Waals surface area contributed by atoms with Crippen molar-refractivity contribution >= 4 is 23.2 Å². The highest BCUT2D eigenvalue weighted by Crippen LogP contribution is 2.30. The summed E-state index contributed by atoms with van der Waals surface area (Å²) >= 11 is 11.7. The van der Waals surface area contributed by atoms with Crippen LogP contribution in [0, 0.1) is 0 Å². The molecule has 0 amide bonds. The van der Waals surface area contributed by atoms with Crippen LogP contribution in [0.2, 0.25) is 10.0 Å². The van der Waals surface area contributed by atoms with Crippen molar-refractivity contribution in [2.45, 2.75) is 0 Å². The summed E-state index contributed by atoms with van der Waals surface area (Å²) in [6, 6.07) is 0. The summed E-state index contributed by atoms with van der Waals surface area (Å²) in [5.74, 6) is 0.505. The highest BCUT2D eigenvalue weighted by molar-refractivity contribution is 6.36. The van der Waals surface area contributed by atoms with Gasteiger partial charge < -0.3 is 9.64 Å². The van der Waals surface area contributed by atoms with E-state index in [1.165, 1.54) is 12.4 Å². The van der Waals surface area contributed by atoms with Crippen molar-refractivity contribution in [2.75, 3.05) is 27.2 Å². The van der Waals surface area contributed by atoms with E-state index in [9.17, 15) is 0 Å². The van der Waals surface area contributed by atoms with Gasteiger partial charge in [-0.3, -0.25) is 4.98 Å². The van der Waals surface area contributed by atoms with Crippen molar-refractivity contribution in [3.05, 3.63) is 22.4 Å². The number of likely N-dealkylation sites (N-methyl/N-ethyl adjacent to an activating group) is 1. The molecule has 1 heterocycles. The lowest BCUT2D eigenvalue weighted by Gasteiger charge is -2.12. The van der Waals surface area contributed by atoms with Crippen molar-refractivity contribution in [1.82, 2.24) is 9.88 Å². The standard InChI is InChI=1S/C9H12Cl2N2O/c1-13(2)3-4-14-9-7(10)5-12-6-8(9)11/h5-6H,3-4H2,1-2H3. The van der Waals surface area contributed by atoms with Gasteiger partial charge in [-0.05, 0) is 14.1 Å². The van der Waals surface area contributed by atoms with Gasteiger partial charge in [-0.2, -0.15) is 0 Å². The number of hydrogen-bond donors (Lipinski definition) is 0. The maximum Gasteiger partial charge on any atom is 0.159 e. The summed E-state index contributed by atoms with van der Waals surface area (Å²) < 4.78 is 5.43. The predicted molar refractivity (Wildman–Crippen MR) is 58.3 cm³/mol. The molecule has 1 aromatic heterocycles. The molecule has 1 aromatic rings. The molecule has 0 spiro atoms. The monoisotopic (exact) mass is 234 g/mol. The SMILES string of the molecule is CN(C)CCOc1c(Cl)cncc1Cl. The number of hydrogen-bond acceptors (Lipinski definition) is 3. The Morgan fingerprint density at radius 2 is 1.86 bits per heavy atom. The van der Waals surface area contributed by atoms with Crippen LogP contribution in [0.4, 0.5) is 0 Å². The second-order valence-corrected chi connectivity index (χ2v) is 3.90. The van der Waals surface area contributed by atoms with Crippen LogP contribution in [0.5, 0.6) is 5.75 Å². The minimum atomic E-state index is 0.441. The van der Waals surface area contributed by atoms with Gasteiger partial charge in [0.2, 0.25) is 0 Å². The largest absolute Gasteiger partial charge is 0.489 e. The van der Waals surface area contributed by atoms with Gasteiger partial charge in [-0.15, -0.1) is 0 Å². The maximum atomic E-state index is 5.86. The second kappa shape index (κ2) is 5.39. The van der Waals surface area contributed by atoms with Crippen LogP contribution in [0.3, 0.4) is 0 Å². The van der Waals surface area contributed by atoms with Crippen LogP contribution < -0.4 is 4.74 Å². The Hall–Kier alpha value is -0.510. The van der Waals surface area contributed by atoms with Crippen molar-refractivity contribution in [2.24, 2.45) is 0 Å². The molecule has 78 valence electrons. The average Bonchev–Trinajstić information content (AvgIpc) is 2.09. The quantitative estimate of drug-likeness (QED) is 0.800. The second-order valence-electron chi connectivity index (χ2n) is 3.08. The van der Waals surface area contributed by atoms with E-state index in [0.29, 0.717) is 22.4 Å². The molecule has 0 aliphatic rings. The fraction of sp³-hybridized carbons (Fsp3) is 0.444. The average molecular weight is 235 g/mol. The molecule has 0 radical (unpaired) electrons. The molecule has 0 bridgehead atoms. The molecule has 5 heteroatoms. The van der Waals surface area contributed by atoms with Gasteiger partial charge in [0.05, 0.1) is 0 Å². The molecule has 0 unspecified atom stereocenters. The van der Waals surface area contributed by atoms with E-state index in [4.69, 9.17) is 27.9 Å². The zero-order valence-electron chi connectivity index (χ0n) is 8.13. The lowest BCUT2D eigenvalue weighted by atomic mass is 10.4. The van der Waals surface area contributed by atoms with E-state index < -0.39 is 0 Å². The van der Waals surface area contributed by atoms with E-state index in [1.807, 2.05) is 19.0 Å². The van der Waals surface area contributed by atoms with Gasteiger partial charge in [0.25, 0.3) is 0 Å². The molecule has 0 saturated carbocycles. The molecule has 0 aromatic carbocycles. The first-order chi connectivity index (χ1) is 6.61. The Morgan fingerprint density at radius 3 is 2.36 bits per heavy atom. The van der Waals surface area contributed by atoms with E-state index in [-0.39, 0.29) is 0 Å². The molecule has 0 saturated heterocycles. The number of nitrogens with zero attached hydrogens (tertiary/aromatic N) is 2. The topological polar surface area (TPSA) is 25.4 Å². The van der Waals surface area contributed by atoms with Crippen molar-refractivity contribution in [3.63, 3.8) is 0 Å². The minimum Gasteiger partial charge on any atom is -0.489 e. The first-order valence-corrected chi connectivity index (χ1v) is 4.93. The van der Waals surface area contributed by atoms with Gasteiger partial charge in [0.1, 0.15) is 16.7 Å². The lowest BCUT2D eigenvalue weighted by molar-refractivity contribution is 0.261. The minimum absolute atomic E-state index is 0.441. The summed E-state index contributed by atoms with van der Waals surface area (Å²) in [5.41, 5.74) is 0. The van der Waals surface area contributed by atoms with E-state index in [0.717, 1.165) is 6.54 Å². The normalized spacial score (nSPS) is 10.6. The number of pyridine rings is 1. The highest BCUT2D eigenvalue weighted by atomic mass is 35.5.